The van der Waals surface area contributed by atoms with Crippen LogP contribution < -0.4 is 5.73 Å². The Bertz CT molecular complexity index is 1010. The monoisotopic (exact) mass is 375 g/mol. The molecule has 6 nitrogen and oxygen atoms in total. The van der Waals surface area contributed by atoms with Crippen molar-refractivity contribution in [2.45, 2.75) is 10.0 Å². The molecule has 0 fully saturated rings. The van der Waals surface area contributed by atoms with E-state index in [0.29, 0.717) is 0 Å². The van der Waals surface area contributed by atoms with E-state index in [1.54, 1.807) is 36.4 Å². The van der Waals surface area contributed by atoms with E-state index in [1.807, 2.05) is 0 Å². The summed E-state index contributed by atoms with van der Waals surface area (Å²) < 4.78 is 33.0. The highest BCUT2D eigenvalue weighted by atomic mass is 32.2. The Kier molecular flexibility index (Phi) is 4.63. The Morgan fingerprint density at radius 2 is 1.52 bits per heavy atom. The fourth-order valence-electron chi connectivity index (χ4n) is 2.52. The molecule has 10 heteroatoms. The van der Waals surface area contributed by atoms with Gasteiger partial charge in [0.15, 0.2) is 5.50 Å². The average Bonchev–Trinajstić information content (AvgIpc) is 2.87. The Balaban J connectivity index is 1.94. The van der Waals surface area contributed by atoms with Gasteiger partial charge < -0.3 is 14.7 Å². The van der Waals surface area contributed by atoms with Crippen molar-refractivity contribution in [3.05, 3.63) is 83.4 Å². The molecule has 2 N–H and O–H groups in total. The van der Waals surface area contributed by atoms with Gasteiger partial charge in [0.1, 0.15) is 7.85 Å². The molecule has 0 spiro atoms. The molecule has 0 saturated heterocycles. The molecule has 0 saturated carbocycles. The SMILES string of the molecule is [B]C1(c2ccccc2)OC(N)=C(OS(=O)(=O)C([B])([B])c2ccccc2)C1=O. The van der Waals surface area contributed by atoms with E-state index in [-0.39, 0.29) is 11.1 Å². The number of carbonyl (C=O) groups is 1. The van der Waals surface area contributed by atoms with Crippen molar-refractivity contribution in [3.8, 4) is 0 Å². The number of carbonyl (C=O) groups excluding carboxylic acids is 1. The van der Waals surface area contributed by atoms with E-state index in [1.165, 1.54) is 24.3 Å². The molecule has 27 heavy (non-hydrogen) atoms. The second kappa shape index (κ2) is 6.53. The number of rotatable bonds is 5. The van der Waals surface area contributed by atoms with Crippen molar-refractivity contribution in [3.63, 3.8) is 0 Å². The Hall–Kier alpha value is -2.61. The second-order valence-corrected chi connectivity index (χ2v) is 7.67. The van der Waals surface area contributed by atoms with E-state index in [0.717, 1.165) is 0 Å². The predicted molar refractivity (Wildman–Crippen MR) is 101 cm³/mol. The van der Waals surface area contributed by atoms with Gasteiger partial charge in [0.25, 0.3) is 0 Å². The van der Waals surface area contributed by atoms with Gasteiger partial charge in [-0.3, -0.25) is 4.79 Å². The highest BCUT2D eigenvalue weighted by Crippen LogP contribution is 2.37. The van der Waals surface area contributed by atoms with Crippen LogP contribution in [0.1, 0.15) is 11.1 Å². The molecule has 3 rings (SSSR count). The molecule has 2 aromatic carbocycles. The minimum atomic E-state index is -4.73. The van der Waals surface area contributed by atoms with Gasteiger partial charge in [-0.25, -0.2) is 0 Å². The van der Waals surface area contributed by atoms with Crippen LogP contribution in [-0.2, 0) is 33.9 Å². The molecule has 6 radical (unpaired) electrons. The summed E-state index contributed by atoms with van der Waals surface area (Å²) >= 11 is 0. The number of nitrogens with two attached hydrogens (primary N) is 1. The molecule has 0 amide bonds. The highest BCUT2D eigenvalue weighted by Gasteiger charge is 2.50. The fourth-order valence-corrected chi connectivity index (χ4v) is 3.46. The third kappa shape index (κ3) is 3.14. The number of ether oxygens (including phenoxy) is 1. The number of ketones is 1. The highest BCUT2D eigenvalue weighted by molar-refractivity contribution is 7.90. The molecule has 1 unspecified atom stereocenters. The number of Topliss-reactive ketones (excluding diaryl/α,β-unsaturated/α-hetero) is 1. The van der Waals surface area contributed by atoms with E-state index in [4.69, 9.17) is 38.2 Å². The van der Waals surface area contributed by atoms with E-state index in [2.05, 4.69) is 0 Å². The average molecular weight is 375 g/mol. The zero-order chi connectivity index (χ0) is 19.9. The molecule has 1 heterocycles. The fraction of sp³-hybridized carbons (Fsp3) is 0.118. The summed E-state index contributed by atoms with van der Waals surface area (Å²) in [6.07, 6.45) is 0. The van der Waals surface area contributed by atoms with Crippen molar-refractivity contribution >= 4 is 39.4 Å². The zero-order valence-corrected chi connectivity index (χ0v) is 14.8. The molecule has 0 aliphatic carbocycles. The summed E-state index contributed by atoms with van der Waals surface area (Å²) in [6.45, 7) is 0. The summed E-state index contributed by atoms with van der Waals surface area (Å²) in [7, 11) is 12.8. The molecule has 130 valence electrons. The van der Waals surface area contributed by atoms with Crippen LogP contribution in [-0.4, -0.2) is 37.7 Å². The topological polar surface area (TPSA) is 95.7 Å². The molecular formula is C17H12B3NO5S. The van der Waals surface area contributed by atoms with E-state index >= 15 is 0 Å². The van der Waals surface area contributed by atoms with Crippen LogP contribution in [0.15, 0.2) is 72.3 Å². The van der Waals surface area contributed by atoms with Crippen LogP contribution in [0, 0.1) is 0 Å². The quantitative estimate of drug-likeness (QED) is 0.594. The van der Waals surface area contributed by atoms with Crippen molar-refractivity contribution in [2.75, 3.05) is 0 Å². The van der Waals surface area contributed by atoms with Gasteiger partial charge in [0.2, 0.25) is 17.4 Å². The number of benzene rings is 2. The lowest BCUT2D eigenvalue weighted by Crippen LogP contribution is -2.40. The first-order chi connectivity index (χ1) is 12.6. The smallest absolute Gasteiger partial charge is 0.302 e. The standard InChI is InChI=1S/C17H12B3NO5S/c18-16(11-7-3-1-4-8-11)14(22)13(15(21)25-16)26-27(23,24)17(19,20)12-9-5-2-6-10-12/h1-10H,21H2. The molecular weight excluding hydrogens is 363 g/mol. The molecule has 1 aliphatic rings. The second-order valence-electron chi connectivity index (χ2n) is 5.92. The summed E-state index contributed by atoms with van der Waals surface area (Å²) in [5, 5.41) is 0. The minimum absolute atomic E-state index is 0.0533. The first-order valence-electron chi connectivity index (χ1n) is 7.75. The van der Waals surface area contributed by atoms with Crippen molar-refractivity contribution in [2.24, 2.45) is 5.73 Å². The third-order valence-electron chi connectivity index (χ3n) is 4.07. The van der Waals surface area contributed by atoms with Crippen LogP contribution in [0.5, 0.6) is 0 Å². The van der Waals surface area contributed by atoms with Gasteiger partial charge in [-0.05, 0) is 11.1 Å². The summed E-state index contributed by atoms with van der Waals surface area (Å²) in [5.41, 5.74) is 3.96. The van der Waals surface area contributed by atoms with Crippen molar-refractivity contribution in [1.29, 1.82) is 0 Å². The molecule has 2 aromatic rings. The molecule has 0 aromatic heterocycles. The van der Waals surface area contributed by atoms with Crippen LogP contribution in [0.4, 0.5) is 0 Å². The Labute approximate surface area is 161 Å². The van der Waals surface area contributed by atoms with Gasteiger partial charge in [0.05, 0.1) is 20.2 Å². The Morgan fingerprint density at radius 1 is 1.00 bits per heavy atom. The van der Waals surface area contributed by atoms with Crippen LogP contribution in [0.3, 0.4) is 0 Å². The largest absolute Gasteiger partial charge is 0.467 e. The van der Waals surface area contributed by atoms with Gasteiger partial charge in [-0.2, -0.15) is 8.42 Å². The zero-order valence-electron chi connectivity index (χ0n) is 14.0. The lowest BCUT2D eigenvalue weighted by molar-refractivity contribution is -0.126. The van der Waals surface area contributed by atoms with E-state index < -0.39 is 37.6 Å². The number of hydrogen-bond donors (Lipinski definition) is 1. The first kappa shape index (κ1) is 19.2. The molecule has 0 bridgehead atoms. The van der Waals surface area contributed by atoms with Gasteiger partial charge >= 0.3 is 10.1 Å². The van der Waals surface area contributed by atoms with Crippen LogP contribution in [0.25, 0.3) is 0 Å². The Morgan fingerprint density at radius 3 is 2.07 bits per heavy atom. The maximum atomic E-state index is 12.7. The maximum absolute atomic E-state index is 12.7. The van der Waals surface area contributed by atoms with Crippen LogP contribution >= 0.6 is 0 Å². The van der Waals surface area contributed by atoms with Crippen LogP contribution in [0.2, 0.25) is 0 Å². The maximum Gasteiger partial charge on any atom is 0.302 e. The molecule has 1 aliphatic heterocycles. The van der Waals surface area contributed by atoms with Crippen molar-refractivity contribution in [1.82, 2.24) is 0 Å². The lowest BCUT2D eigenvalue weighted by Gasteiger charge is -2.26. The van der Waals surface area contributed by atoms with E-state index in [9.17, 15) is 13.2 Å². The first-order valence-corrected chi connectivity index (χ1v) is 9.15. The van der Waals surface area contributed by atoms with Gasteiger partial charge in [-0.15, -0.1) is 0 Å². The normalized spacial score (nSPS) is 20.4. The third-order valence-corrected chi connectivity index (χ3v) is 5.52. The summed E-state index contributed by atoms with van der Waals surface area (Å²) in [4.78, 5) is 12.7. The van der Waals surface area contributed by atoms with Gasteiger partial charge in [-0.1, -0.05) is 60.7 Å². The van der Waals surface area contributed by atoms with Gasteiger partial charge in [0, 0.05) is 0 Å². The number of hydrogen-bond acceptors (Lipinski definition) is 6. The molecule has 1 atom stereocenters. The lowest BCUT2D eigenvalue weighted by atomic mass is 9.65. The van der Waals surface area contributed by atoms with Crippen molar-refractivity contribution < 1.29 is 22.1 Å². The summed E-state index contributed by atoms with van der Waals surface area (Å²) in [6, 6.07) is 15.6. The predicted octanol–water partition coefficient (Wildman–Crippen LogP) is 0.229. The summed E-state index contributed by atoms with van der Waals surface area (Å²) in [5.74, 6) is -2.34. The minimum Gasteiger partial charge on any atom is -0.467 e.